The third-order valence-electron chi connectivity index (χ3n) is 8.58. The molecule has 0 aliphatic heterocycles. The smallest absolute Gasteiger partial charge is 0.222 e. The third-order valence-corrected chi connectivity index (χ3v) is 8.58. The first-order valence-electron chi connectivity index (χ1n) is 18.5. The molecule has 250 valence electrons. The second-order valence-corrected chi connectivity index (χ2v) is 12.8. The van der Waals surface area contributed by atoms with E-state index in [9.17, 15) is 20.1 Å². The fraction of sp³-hybridized carbons (Fsp3) is 0.919. The first kappa shape index (κ1) is 41.1. The van der Waals surface area contributed by atoms with Crippen LogP contribution >= 0.6 is 0 Å². The standard InChI is InChI=1S/C37H73NO4/c1-3-5-7-9-11-13-15-17-19-20-22-24-26-28-30-34(40)32-37(42)38-35(33-39)36(41)31-29-27-25-23-21-18-16-14-12-10-8-6-4-2/h19-20,34-36,39-41H,3-18,21-33H2,1-2H3,(H,38,42)/b20-19-. The van der Waals surface area contributed by atoms with Crippen LogP contribution < -0.4 is 5.32 Å². The van der Waals surface area contributed by atoms with Gasteiger partial charge >= 0.3 is 0 Å². The predicted octanol–water partition coefficient (Wildman–Crippen LogP) is 9.70. The van der Waals surface area contributed by atoms with Crippen LogP contribution in [-0.4, -0.2) is 46.1 Å². The van der Waals surface area contributed by atoms with E-state index >= 15 is 0 Å². The summed E-state index contributed by atoms with van der Waals surface area (Å²) in [5.41, 5.74) is 0. The number of aliphatic hydroxyl groups excluding tert-OH is 3. The lowest BCUT2D eigenvalue weighted by Crippen LogP contribution is -2.46. The van der Waals surface area contributed by atoms with Crippen LogP contribution in [0.1, 0.15) is 194 Å². The average Bonchev–Trinajstić information content (AvgIpc) is 2.98. The van der Waals surface area contributed by atoms with Gasteiger partial charge in [0.15, 0.2) is 0 Å². The molecule has 3 atom stereocenters. The molecule has 0 aliphatic rings. The maximum atomic E-state index is 12.4. The van der Waals surface area contributed by atoms with Crippen molar-refractivity contribution in [3.05, 3.63) is 12.2 Å². The van der Waals surface area contributed by atoms with Gasteiger partial charge in [-0.2, -0.15) is 0 Å². The Morgan fingerprint density at radius 2 is 0.952 bits per heavy atom. The van der Waals surface area contributed by atoms with Crippen molar-refractivity contribution in [2.45, 2.75) is 212 Å². The number of amides is 1. The molecule has 3 unspecified atom stereocenters. The average molecular weight is 596 g/mol. The number of allylic oxidation sites excluding steroid dienone is 2. The quantitative estimate of drug-likeness (QED) is 0.0449. The zero-order chi connectivity index (χ0) is 30.9. The number of carbonyl (C=O) groups is 1. The summed E-state index contributed by atoms with van der Waals surface area (Å²) in [6, 6.07) is -0.658. The Morgan fingerprint density at radius 1 is 0.571 bits per heavy atom. The fourth-order valence-electron chi connectivity index (χ4n) is 5.69. The van der Waals surface area contributed by atoms with Crippen molar-refractivity contribution in [3.8, 4) is 0 Å². The minimum atomic E-state index is -0.748. The van der Waals surface area contributed by atoms with Gasteiger partial charge in [-0.25, -0.2) is 0 Å². The molecular formula is C37H73NO4. The molecule has 0 aromatic carbocycles. The van der Waals surface area contributed by atoms with E-state index in [1.807, 2.05) is 0 Å². The van der Waals surface area contributed by atoms with Gasteiger partial charge < -0.3 is 20.6 Å². The Kier molecular flexibility index (Phi) is 32.3. The zero-order valence-corrected chi connectivity index (χ0v) is 28.1. The van der Waals surface area contributed by atoms with Gasteiger partial charge in [0, 0.05) is 0 Å². The van der Waals surface area contributed by atoms with Crippen LogP contribution in [-0.2, 0) is 4.79 Å². The van der Waals surface area contributed by atoms with E-state index in [2.05, 4.69) is 31.3 Å². The summed E-state index contributed by atoms with van der Waals surface area (Å²) in [6.07, 6.45) is 35.9. The van der Waals surface area contributed by atoms with Crippen molar-refractivity contribution in [2.75, 3.05) is 6.61 Å². The van der Waals surface area contributed by atoms with Crippen LogP contribution in [0.4, 0.5) is 0 Å². The van der Waals surface area contributed by atoms with Gasteiger partial charge in [0.1, 0.15) is 0 Å². The van der Waals surface area contributed by atoms with E-state index in [1.165, 1.54) is 122 Å². The summed E-state index contributed by atoms with van der Waals surface area (Å²) in [5.74, 6) is -0.292. The number of hydrogen-bond donors (Lipinski definition) is 4. The van der Waals surface area contributed by atoms with E-state index in [0.29, 0.717) is 12.8 Å². The molecule has 0 heterocycles. The lowest BCUT2D eigenvalue weighted by Gasteiger charge is -2.23. The monoisotopic (exact) mass is 596 g/mol. The summed E-state index contributed by atoms with van der Waals surface area (Å²) in [5, 5.41) is 33.2. The van der Waals surface area contributed by atoms with Crippen LogP contribution in [0.5, 0.6) is 0 Å². The molecule has 0 radical (unpaired) electrons. The largest absolute Gasteiger partial charge is 0.394 e. The Morgan fingerprint density at radius 3 is 1.40 bits per heavy atom. The van der Waals surface area contributed by atoms with Gasteiger partial charge in [0.05, 0.1) is 31.3 Å². The molecule has 1 amide bonds. The van der Waals surface area contributed by atoms with E-state index in [-0.39, 0.29) is 18.9 Å². The van der Waals surface area contributed by atoms with E-state index in [1.54, 1.807) is 0 Å². The topological polar surface area (TPSA) is 89.8 Å². The third kappa shape index (κ3) is 29.2. The molecule has 0 fully saturated rings. The molecule has 0 spiro atoms. The molecule has 5 heteroatoms. The lowest BCUT2D eigenvalue weighted by molar-refractivity contribution is -0.125. The SMILES string of the molecule is CCCCCCCCC/C=C\CCCCCC(O)CC(=O)NC(CO)C(O)CCCCCCCCCCCCCCC. The Bertz CT molecular complexity index is 582. The first-order chi connectivity index (χ1) is 20.5. The van der Waals surface area contributed by atoms with Gasteiger partial charge in [-0.15, -0.1) is 0 Å². The summed E-state index contributed by atoms with van der Waals surface area (Å²) in [6.45, 7) is 4.24. The highest BCUT2D eigenvalue weighted by atomic mass is 16.3. The van der Waals surface area contributed by atoms with Gasteiger partial charge in [0.2, 0.25) is 5.91 Å². The number of hydrogen-bond acceptors (Lipinski definition) is 4. The minimum absolute atomic E-state index is 0.0281. The molecule has 0 rings (SSSR count). The Balaban J connectivity index is 3.70. The number of aliphatic hydroxyl groups is 3. The molecule has 0 aromatic heterocycles. The van der Waals surface area contributed by atoms with E-state index in [0.717, 1.165) is 38.5 Å². The maximum Gasteiger partial charge on any atom is 0.222 e. The molecule has 42 heavy (non-hydrogen) atoms. The number of nitrogens with one attached hydrogen (secondary N) is 1. The number of unbranched alkanes of at least 4 members (excludes halogenated alkanes) is 22. The highest BCUT2D eigenvalue weighted by molar-refractivity contribution is 5.76. The second kappa shape index (κ2) is 33.0. The summed E-state index contributed by atoms with van der Waals surface area (Å²) < 4.78 is 0. The fourth-order valence-corrected chi connectivity index (χ4v) is 5.69. The van der Waals surface area contributed by atoms with Crippen molar-refractivity contribution in [2.24, 2.45) is 0 Å². The highest BCUT2D eigenvalue weighted by Gasteiger charge is 2.21. The van der Waals surface area contributed by atoms with Gasteiger partial charge in [-0.1, -0.05) is 161 Å². The Labute approximate surface area is 261 Å². The summed E-state index contributed by atoms with van der Waals surface area (Å²) in [4.78, 5) is 12.4. The van der Waals surface area contributed by atoms with E-state index < -0.39 is 18.2 Å². The first-order valence-corrected chi connectivity index (χ1v) is 18.5. The normalized spacial score (nSPS) is 13.9. The summed E-state index contributed by atoms with van der Waals surface area (Å²) >= 11 is 0. The van der Waals surface area contributed by atoms with Crippen LogP contribution in [0.2, 0.25) is 0 Å². The van der Waals surface area contributed by atoms with Crippen molar-refractivity contribution in [3.63, 3.8) is 0 Å². The van der Waals surface area contributed by atoms with Crippen LogP contribution in [0, 0.1) is 0 Å². The second-order valence-electron chi connectivity index (χ2n) is 12.8. The van der Waals surface area contributed by atoms with Crippen molar-refractivity contribution < 1.29 is 20.1 Å². The molecule has 0 aromatic rings. The molecule has 0 bridgehead atoms. The van der Waals surface area contributed by atoms with E-state index in [4.69, 9.17) is 0 Å². The molecule has 0 saturated heterocycles. The van der Waals surface area contributed by atoms with Crippen molar-refractivity contribution in [1.82, 2.24) is 5.32 Å². The van der Waals surface area contributed by atoms with Crippen LogP contribution in [0.3, 0.4) is 0 Å². The van der Waals surface area contributed by atoms with Crippen LogP contribution in [0.25, 0.3) is 0 Å². The van der Waals surface area contributed by atoms with Gasteiger partial charge in [0.25, 0.3) is 0 Å². The maximum absolute atomic E-state index is 12.4. The van der Waals surface area contributed by atoms with Crippen molar-refractivity contribution >= 4 is 5.91 Å². The molecule has 5 nitrogen and oxygen atoms in total. The Hall–Kier alpha value is -0.910. The predicted molar refractivity (Wildman–Crippen MR) is 181 cm³/mol. The summed E-state index contributed by atoms with van der Waals surface area (Å²) in [7, 11) is 0. The van der Waals surface area contributed by atoms with Gasteiger partial charge in [-0.3, -0.25) is 4.79 Å². The van der Waals surface area contributed by atoms with Crippen molar-refractivity contribution in [1.29, 1.82) is 0 Å². The molecule has 0 saturated carbocycles. The molecule has 4 N–H and O–H groups in total. The molecule has 0 aliphatic carbocycles. The number of rotatable bonds is 33. The van der Waals surface area contributed by atoms with Gasteiger partial charge in [-0.05, 0) is 38.5 Å². The highest BCUT2D eigenvalue weighted by Crippen LogP contribution is 2.15. The lowest BCUT2D eigenvalue weighted by atomic mass is 10.0. The minimum Gasteiger partial charge on any atom is -0.394 e. The zero-order valence-electron chi connectivity index (χ0n) is 28.1. The number of carbonyl (C=O) groups excluding carboxylic acids is 1. The molecular weight excluding hydrogens is 522 g/mol. The van der Waals surface area contributed by atoms with Crippen LogP contribution in [0.15, 0.2) is 12.2 Å².